The smallest absolute Gasteiger partial charge is 0.303 e. The molecule has 5 nitrogen and oxygen atoms in total. The van der Waals surface area contributed by atoms with Crippen molar-refractivity contribution in [1.29, 1.82) is 0 Å². The number of hydrogen-bond donors (Lipinski definition) is 2. The van der Waals surface area contributed by atoms with Crippen LogP contribution in [0.1, 0.15) is 77.6 Å². The topological polar surface area (TPSA) is 76.0 Å². The van der Waals surface area contributed by atoms with Gasteiger partial charge in [-0.15, -0.1) is 0 Å². The molecule has 144 valence electrons. The maximum atomic E-state index is 10.5. The lowest BCUT2D eigenvalue weighted by atomic mass is 9.87. The zero-order valence-corrected chi connectivity index (χ0v) is 15.4. The van der Waals surface area contributed by atoms with Crippen LogP contribution in [0.2, 0.25) is 0 Å². The number of carbonyl (C=O) groups is 1. The van der Waals surface area contributed by atoms with Crippen molar-refractivity contribution >= 4 is 5.97 Å². The van der Waals surface area contributed by atoms with Crippen molar-refractivity contribution < 1.29 is 24.8 Å². The standard InChI is InChI=1S/C20H34O5/c1-2-3-6-9-15(21)12-13-17-16(18-14-19(17)25-24-18)10-7-4-5-8-11-20(22)23/h12-13,15-19,21H,2-11,14H2,1H3,(H,22,23)/b13-12+/t15?,16?,17-,18?,19?/m1/s1. The molecule has 1 heterocycles. The lowest BCUT2D eigenvalue weighted by molar-refractivity contribution is -0.337. The van der Waals surface area contributed by atoms with Crippen LogP contribution in [0.5, 0.6) is 0 Å². The first-order valence-electron chi connectivity index (χ1n) is 10.0. The van der Waals surface area contributed by atoms with Gasteiger partial charge >= 0.3 is 5.97 Å². The Balaban J connectivity index is 1.71. The summed E-state index contributed by atoms with van der Waals surface area (Å²) in [7, 11) is 0. The van der Waals surface area contributed by atoms with Crippen LogP contribution in [0.25, 0.3) is 0 Å². The average molecular weight is 354 g/mol. The quantitative estimate of drug-likeness (QED) is 0.294. The average Bonchev–Trinajstić information content (AvgIpc) is 3.17. The van der Waals surface area contributed by atoms with Crippen molar-refractivity contribution in [1.82, 2.24) is 0 Å². The number of unbranched alkanes of at least 4 members (excludes halogenated alkanes) is 5. The Labute approximate surface area is 151 Å². The summed E-state index contributed by atoms with van der Waals surface area (Å²) in [5, 5.41) is 18.8. The maximum Gasteiger partial charge on any atom is 0.303 e. The molecule has 0 amide bonds. The van der Waals surface area contributed by atoms with E-state index < -0.39 is 5.97 Å². The van der Waals surface area contributed by atoms with Crippen LogP contribution in [0, 0.1) is 11.8 Å². The van der Waals surface area contributed by atoms with Gasteiger partial charge in [0.1, 0.15) is 6.10 Å². The Morgan fingerprint density at radius 1 is 1.12 bits per heavy atom. The van der Waals surface area contributed by atoms with Crippen molar-refractivity contribution in [2.75, 3.05) is 0 Å². The largest absolute Gasteiger partial charge is 0.481 e. The zero-order valence-electron chi connectivity index (χ0n) is 15.4. The number of aliphatic hydroxyl groups excluding tert-OH is 1. The summed E-state index contributed by atoms with van der Waals surface area (Å²) in [6.07, 6.45) is 14.5. The Hall–Kier alpha value is -0.910. The predicted molar refractivity (Wildman–Crippen MR) is 96.0 cm³/mol. The van der Waals surface area contributed by atoms with E-state index >= 15 is 0 Å². The van der Waals surface area contributed by atoms with Gasteiger partial charge in [0.25, 0.3) is 0 Å². The summed E-state index contributed by atoms with van der Waals surface area (Å²) >= 11 is 0. The van der Waals surface area contributed by atoms with Gasteiger partial charge in [0.2, 0.25) is 0 Å². The molecule has 1 saturated carbocycles. The first-order valence-corrected chi connectivity index (χ1v) is 10.0. The first-order chi connectivity index (χ1) is 12.1. The zero-order chi connectivity index (χ0) is 18.1. The number of aliphatic hydroxyl groups is 1. The predicted octanol–water partition coefficient (Wildman–Crippen LogP) is 4.24. The molecule has 1 saturated heterocycles. The summed E-state index contributed by atoms with van der Waals surface area (Å²) in [6.45, 7) is 2.17. The molecular formula is C20H34O5. The second-order valence-corrected chi connectivity index (χ2v) is 7.54. The summed E-state index contributed by atoms with van der Waals surface area (Å²) in [5.41, 5.74) is 0. The Kier molecular flexibility index (Phi) is 8.93. The Morgan fingerprint density at radius 2 is 1.88 bits per heavy atom. The molecule has 1 aliphatic carbocycles. The molecule has 0 spiro atoms. The minimum atomic E-state index is -0.707. The van der Waals surface area contributed by atoms with Crippen LogP contribution in [0.3, 0.4) is 0 Å². The maximum absolute atomic E-state index is 10.5. The van der Waals surface area contributed by atoms with Gasteiger partial charge in [-0.3, -0.25) is 4.79 Å². The number of fused-ring (bicyclic) bond motifs is 2. The Morgan fingerprint density at radius 3 is 2.64 bits per heavy atom. The molecule has 5 atom stereocenters. The van der Waals surface area contributed by atoms with Crippen LogP contribution in [-0.2, 0) is 14.6 Å². The van der Waals surface area contributed by atoms with Crippen molar-refractivity contribution in [3.05, 3.63) is 12.2 Å². The van der Waals surface area contributed by atoms with Gasteiger partial charge in [-0.05, 0) is 25.2 Å². The molecule has 25 heavy (non-hydrogen) atoms. The van der Waals surface area contributed by atoms with E-state index in [0.717, 1.165) is 51.4 Å². The van der Waals surface area contributed by atoms with E-state index in [-0.39, 0.29) is 24.7 Å². The van der Waals surface area contributed by atoms with Crippen LogP contribution in [-0.4, -0.2) is 34.5 Å². The molecule has 5 heteroatoms. The molecule has 0 aromatic heterocycles. The molecule has 2 aliphatic rings. The van der Waals surface area contributed by atoms with Crippen LogP contribution < -0.4 is 0 Å². The van der Waals surface area contributed by atoms with E-state index in [1.54, 1.807) is 0 Å². The third-order valence-corrected chi connectivity index (χ3v) is 5.51. The number of carboxylic acids is 1. The molecule has 2 rings (SSSR count). The number of hydrogen-bond acceptors (Lipinski definition) is 4. The highest BCUT2D eigenvalue weighted by atomic mass is 17.2. The fraction of sp³-hybridized carbons (Fsp3) is 0.850. The lowest BCUT2D eigenvalue weighted by Gasteiger charge is -2.28. The van der Waals surface area contributed by atoms with Crippen LogP contribution >= 0.6 is 0 Å². The van der Waals surface area contributed by atoms with E-state index in [1.807, 2.05) is 6.08 Å². The minimum Gasteiger partial charge on any atom is -0.481 e. The summed E-state index contributed by atoms with van der Waals surface area (Å²) in [4.78, 5) is 21.3. The fourth-order valence-corrected chi connectivity index (χ4v) is 4.05. The number of aliphatic carboxylic acids is 1. The van der Waals surface area contributed by atoms with Crippen LogP contribution in [0.15, 0.2) is 12.2 Å². The molecule has 2 fully saturated rings. The first kappa shape index (κ1) is 20.4. The second-order valence-electron chi connectivity index (χ2n) is 7.54. The molecule has 0 aromatic rings. The van der Waals surface area contributed by atoms with E-state index in [1.165, 1.54) is 12.8 Å². The SMILES string of the molecule is CCCCCC(O)/C=C/[C@H]1C2CC(OO2)C1CCCCCCC(=O)O. The van der Waals surface area contributed by atoms with Crippen molar-refractivity contribution in [3.63, 3.8) is 0 Å². The molecule has 1 aliphatic heterocycles. The summed E-state index contributed by atoms with van der Waals surface area (Å²) < 4.78 is 0. The van der Waals surface area contributed by atoms with Gasteiger partial charge in [0.05, 0.1) is 12.2 Å². The molecule has 4 unspecified atom stereocenters. The molecule has 0 aromatic carbocycles. The highest BCUT2D eigenvalue weighted by molar-refractivity contribution is 5.66. The fourth-order valence-electron chi connectivity index (χ4n) is 4.05. The summed E-state index contributed by atoms with van der Waals surface area (Å²) in [6, 6.07) is 0. The van der Waals surface area contributed by atoms with Gasteiger partial charge in [-0.1, -0.05) is 57.6 Å². The third kappa shape index (κ3) is 6.72. The monoisotopic (exact) mass is 354 g/mol. The highest BCUT2D eigenvalue weighted by Crippen LogP contribution is 2.45. The van der Waals surface area contributed by atoms with Crippen LogP contribution in [0.4, 0.5) is 0 Å². The third-order valence-electron chi connectivity index (χ3n) is 5.51. The van der Waals surface area contributed by atoms with Crippen molar-refractivity contribution in [3.8, 4) is 0 Å². The van der Waals surface area contributed by atoms with Gasteiger partial charge in [-0.25, -0.2) is 9.78 Å². The normalized spacial score (nSPS) is 29.5. The van der Waals surface area contributed by atoms with Crippen molar-refractivity contribution in [2.45, 2.75) is 95.9 Å². The molecular weight excluding hydrogens is 320 g/mol. The molecule has 2 bridgehead atoms. The van der Waals surface area contributed by atoms with E-state index in [9.17, 15) is 9.90 Å². The van der Waals surface area contributed by atoms with E-state index in [0.29, 0.717) is 11.8 Å². The number of carboxylic acid groups (broad SMARTS) is 1. The lowest BCUT2D eigenvalue weighted by Crippen LogP contribution is -2.29. The molecule has 2 N–H and O–H groups in total. The molecule has 0 radical (unpaired) electrons. The number of rotatable bonds is 13. The van der Waals surface area contributed by atoms with Gasteiger partial charge in [-0.2, -0.15) is 0 Å². The second kappa shape index (κ2) is 10.9. The minimum absolute atomic E-state index is 0.126. The summed E-state index contributed by atoms with van der Waals surface area (Å²) in [5.74, 6) is 0.0808. The van der Waals surface area contributed by atoms with E-state index in [4.69, 9.17) is 14.9 Å². The van der Waals surface area contributed by atoms with Gasteiger partial charge in [0, 0.05) is 18.8 Å². The Bertz CT molecular complexity index is 422. The highest BCUT2D eigenvalue weighted by Gasteiger charge is 2.49. The van der Waals surface area contributed by atoms with E-state index in [2.05, 4.69) is 13.0 Å². The van der Waals surface area contributed by atoms with Crippen molar-refractivity contribution in [2.24, 2.45) is 11.8 Å². The van der Waals surface area contributed by atoms with Gasteiger partial charge < -0.3 is 10.2 Å². The van der Waals surface area contributed by atoms with Gasteiger partial charge in [0.15, 0.2) is 0 Å².